The van der Waals surface area contributed by atoms with Crippen LogP contribution in [0.3, 0.4) is 0 Å². The van der Waals surface area contributed by atoms with Gasteiger partial charge in [-0.2, -0.15) is 0 Å². The third-order valence-corrected chi connectivity index (χ3v) is 5.17. The Morgan fingerprint density at radius 1 is 1.17 bits per heavy atom. The molecule has 0 bridgehead atoms. The fourth-order valence-corrected chi connectivity index (χ4v) is 3.63. The third-order valence-electron chi connectivity index (χ3n) is 5.17. The lowest BCUT2D eigenvalue weighted by Gasteiger charge is -2.39. The van der Waals surface area contributed by atoms with Crippen LogP contribution in [0.2, 0.25) is 0 Å². The van der Waals surface area contributed by atoms with Crippen molar-refractivity contribution in [1.82, 2.24) is 5.32 Å². The molecular formula is C16H31NO. The van der Waals surface area contributed by atoms with E-state index in [1.807, 2.05) is 0 Å². The van der Waals surface area contributed by atoms with Gasteiger partial charge in [0.25, 0.3) is 0 Å². The highest BCUT2D eigenvalue weighted by atomic mass is 16.5. The second-order valence-electron chi connectivity index (χ2n) is 7.10. The number of hydrogen-bond acceptors (Lipinski definition) is 2. The zero-order valence-corrected chi connectivity index (χ0v) is 12.5. The minimum absolute atomic E-state index is 0.469. The molecule has 0 spiro atoms. The van der Waals surface area contributed by atoms with E-state index < -0.39 is 0 Å². The maximum Gasteiger partial charge on any atom is 0.0471 e. The van der Waals surface area contributed by atoms with Crippen LogP contribution in [0.5, 0.6) is 0 Å². The second-order valence-corrected chi connectivity index (χ2v) is 7.10. The molecule has 1 aliphatic heterocycles. The summed E-state index contributed by atoms with van der Waals surface area (Å²) in [5, 5.41) is 3.91. The lowest BCUT2D eigenvalue weighted by Crippen LogP contribution is -2.46. The zero-order chi connectivity index (χ0) is 13.0. The highest BCUT2D eigenvalue weighted by Crippen LogP contribution is 2.33. The Bertz CT molecular complexity index is 245. The molecule has 0 aromatic carbocycles. The topological polar surface area (TPSA) is 21.3 Å². The Balaban J connectivity index is 1.83. The van der Waals surface area contributed by atoms with Crippen LogP contribution in [0, 0.1) is 17.3 Å². The first-order valence-corrected chi connectivity index (χ1v) is 7.92. The first-order valence-electron chi connectivity index (χ1n) is 7.92. The monoisotopic (exact) mass is 253 g/mol. The summed E-state index contributed by atoms with van der Waals surface area (Å²) in [6.07, 6.45) is 8.11. The van der Waals surface area contributed by atoms with E-state index in [2.05, 4.69) is 26.1 Å². The van der Waals surface area contributed by atoms with Crippen LogP contribution in [-0.2, 0) is 4.74 Å². The van der Waals surface area contributed by atoms with Crippen molar-refractivity contribution in [3.8, 4) is 0 Å². The Hall–Kier alpha value is -0.0800. The molecule has 18 heavy (non-hydrogen) atoms. The first kappa shape index (κ1) is 14.3. The summed E-state index contributed by atoms with van der Waals surface area (Å²) in [5.41, 5.74) is 0.469. The number of nitrogens with one attached hydrogen (secondary N) is 1. The lowest BCUT2D eigenvalue weighted by molar-refractivity contribution is 0.0203. The molecule has 2 unspecified atom stereocenters. The van der Waals surface area contributed by atoms with Gasteiger partial charge in [0, 0.05) is 25.8 Å². The molecule has 1 N–H and O–H groups in total. The summed E-state index contributed by atoms with van der Waals surface area (Å²) >= 11 is 0. The molecule has 2 aliphatic rings. The Morgan fingerprint density at radius 2 is 1.83 bits per heavy atom. The minimum Gasteiger partial charge on any atom is -0.381 e. The number of hydrogen-bond donors (Lipinski definition) is 1. The van der Waals surface area contributed by atoms with Crippen molar-refractivity contribution >= 4 is 0 Å². The Labute approximate surface area is 113 Å². The van der Waals surface area contributed by atoms with Gasteiger partial charge in [-0.1, -0.05) is 33.6 Å². The van der Waals surface area contributed by atoms with Gasteiger partial charge in [-0.3, -0.25) is 0 Å². The van der Waals surface area contributed by atoms with Crippen LogP contribution in [0.1, 0.15) is 59.3 Å². The third kappa shape index (κ3) is 3.71. The summed E-state index contributed by atoms with van der Waals surface area (Å²) in [4.78, 5) is 0. The van der Waals surface area contributed by atoms with Crippen molar-refractivity contribution < 1.29 is 4.74 Å². The van der Waals surface area contributed by atoms with Gasteiger partial charge >= 0.3 is 0 Å². The van der Waals surface area contributed by atoms with E-state index in [0.29, 0.717) is 5.41 Å². The molecule has 0 amide bonds. The number of rotatable bonds is 4. The molecule has 1 saturated carbocycles. The molecular weight excluding hydrogens is 222 g/mol. The predicted octanol–water partition coefficient (Wildman–Crippen LogP) is 3.61. The summed E-state index contributed by atoms with van der Waals surface area (Å²) in [6, 6.07) is 0.762. The Kier molecular flexibility index (Phi) is 5.08. The van der Waals surface area contributed by atoms with E-state index in [9.17, 15) is 0 Å². The van der Waals surface area contributed by atoms with Crippen LogP contribution in [0.4, 0.5) is 0 Å². The molecule has 0 radical (unpaired) electrons. The van der Waals surface area contributed by atoms with Crippen molar-refractivity contribution in [2.75, 3.05) is 19.8 Å². The molecule has 2 fully saturated rings. The molecule has 106 valence electrons. The van der Waals surface area contributed by atoms with Crippen molar-refractivity contribution in [2.24, 2.45) is 17.3 Å². The fraction of sp³-hybridized carbons (Fsp3) is 1.00. The molecule has 1 saturated heterocycles. The highest BCUT2D eigenvalue weighted by molar-refractivity contribution is 4.87. The van der Waals surface area contributed by atoms with E-state index in [4.69, 9.17) is 4.74 Å². The summed E-state index contributed by atoms with van der Waals surface area (Å²) in [5.74, 6) is 1.72. The van der Waals surface area contributed by atoms with Gasteiger partial charge in [-0.05, 0) is 42.9 Å². The fourth-order valence-electron chi connectivity index (χ4n) is 3.63. The van der Waals surface area contributed by atoms with Gasteiger partial charge in [0.2, 0.25) is 0 Å². The molecule has 2 rings (SSSR count). The van der Waals surface area contributed by atoms with Gasteiger partial charge in [-0.25, -0.2) is 0 Å². The smallest absolute Gasteiger partial charge is 0.0471 e. The molecule has 1 aliphatic carbocycles. The van der Waals surface area contributed by atoms with Crippen LogP contribution in [0.25, 0.3) is 0 Å². The maximum absolute atomic E-state index is 5.49. The van der Waals surface area contributed by atoms with Gasteiger partial charge in [-0.15, -0.1) is 0 Å². The standard InChI is InChI=1S/C16H31NO/c1-13(2)14-6-4-5-7-15(14)17-12-16(3)8-10-18-11-9-16/h13-15,17H,4-12H2,1-3H3. The van der Waals surface area contributed by atoms with Gasteiger partial charge in [0.05, 0.1) is 0 Å². The SMILES string of the molecule is CC(C)C1CCCCC1NCC1(C)CCOCC1. The van der Waals surface area contributed by atoms with Crippen LogP contribution in [-0.4, -0.2) is 25.8 Å². The lowest BCUT2D eigenvalue weighted by atomic mass is 9.76. The number of ether oxygens (including phenoxy) is 1. The first-order chi connectivity index (χ1) is 8.61. The second kappa shape index (κ2) is 6.38. The van der Waals surface area contributed by atoms with Gasteiger partial charge in [0.1, 0.15) is 0 Å². The quantitative estimate of drug-likeness (QED) is 0.826. The largest absolute Gasteiger partial charge is 0.381 e. The minimum atomic E-state index is 0.469. The molecule has 0 aromatic rings. The molecule has 1 heterocycles. The van der Waals surface area contributed by atoms with E-state index in [1.54, 1.807) is 0 Å². The van der Waals surface area contributed by atoms with Crippen molar-refractivity contribution in [2.45, 2.75) is 65.3 Å². The van der Waals surface area contributed by atoms with Gasteiger partial charge in [0.15, 0.2) is 0 Å². The Morgan fingerprint density at radius 3 is 2.50 bits per heavy atom. The molecule has 2 atom stereocenters. The molecule has 2 heteroatoms. The van der Waals surface area contributed by atoms with E-state index in [1.165, 1.54) is 45.1 Å². The predicted molar refractivity (Wildman–Crippen MR) is 76.7 cm³/mol. The van der Waals surface area contributed by atoms with Crippen molar-refractivity contribution in [3.63, 3.8) is 0 Å². The van der Waals surface area contributed by atoms with Crippen LogP contribution >= 0.6 is 0 Å². The van der Waals surface area contributed by atoms with E-state index >= 15 is 0 Å². The van der Waals surface area contributed by atoms with Crippen LogP contribution < -0.4 is 5.32 Å². The summed E-state index contributed by atoms with van der Waals surface area (Å²) in [6.45, 7) is 10.3. The van der Waals surface area contributed by atoms with E-state index in [0.717, 1.165) is 31.1 Å². The zero-order valence-electron chi connectivity index (χ0n) is 12.5. The molecule has 0 aromatic heterocycles. The molecule has 2 nitrogen and oxygen atoms in total. The average Bonchev–Trinajstić information content (AvgIpc) is 2.38. The average molecular weight is 253 g/mol. The maximum atomic E-state index is 5.49. The summed E-state index contributed by atoms with van der Waals surface area (Å²) in [7, 11) is 0. The van der Waals surface area contributed by atoms with E-state index in [-0.39, 0.29) is 0 Å². The van der Waals surface area contributed by atoms with Gasteiger partial charge < -0.3 is 10.1 Å². The van der Waals surface area contributed by atoms with Crippen molar-refractivity contribution in [1.29, 1.82) is 0 Å². The summed E-state index contributed by atoms with van der Waals surface area (Å²) < 4.78 is 5.49. The van der Waals surface area contributed by atoms with Crippen molar-refractivity contribution in [3.05, 3.63) is 0 Å². The highest BCUT2D eigenvalue weighted by Gasteiger charge is 2.31. The normalized spacial score (nSPS) is 32.7. The van der Waals surface area contributed by atoms with Crippen LogP contribution in [0.15, 0.2) is 0 Å².